The van der Waals surface area contributed by atoms with E-state index >= 15 is 0 Å². The van der Waals surface area contributed by atoms with Crippen molar-refractivity contribution >= 4 is 114 Å². The number of urea groups is 1. The van der Waals surface area contributed by atoms with Crippen molar-refractivity contribution in [1.82, 2.24) is 0 Å². The molecule has 21 nitrogen and oxygen atoms in total. The molecule has 29 heteroatoms. The van der Waals surface area contributed by atoms with Gasteiger partial charge in [0, 0.05) is 32.9 Å². The van der Waals surface area contributed by atoms with E-state index < -0.39 is 66.1 Å². The van der Waals surface area contributed by atoms with Gasteiger partial charge < -0.3 is 27.8 Å². The summed E-state index contributed by atoms with van der Waals surface area (Å²) in [4.78, 5) is 9.41. The first-order chi connectivity index (χ1) is 27.0. The number of hydrogen-bond acceptors (Lipinski definition) is 15. The van der Waals surface area contributed by atoms with Crippen LogP contribution in [0.3, 0.4) is 0 Å². The average Bonchev–Trinajstić information content (AvgIpc) is 3.12. The maximum absolute atomic E-state index is 12.7. The summed E-state index contributed by atoms with van der Waals surface area (Å²) in [5.74, 6) is 0. The van der Waals surface area contributed by atoms with Crippen LogP contribution in [0.4, 0.5) is 50.3 Å². The molecule has 0 bridgehead atoms. The number of nitrogens with zero attached hydrogens (tertiary/aromatic N) is 4. The van der Waals surface area contributed by atoms with Gasteiger partial charge in [0.1, 0.15) is 21.2 Å². The number of carbonyl (C=O) groups is 1. The topological polar surface area (TPSA) is 360 Å². The molecule has 0 radical (unpaired) electrons. The van der Waals surface area contributed by atoms with Gasteiger partial charge in [0.25, 0.3) is 40.5 Å². The number of hydrogen-bond donors (Lipinski definition) is 8. The van der Waals surface area contributed by atoms with Crippen molar-refractivity contribution in [3.8, 4) is 0 Å². The van der Waals surface area contributed by atoms with Crippen LogP contribution in [0, 0.1) is 0 Å². The number of azo groups is 2. The maximum Gasteiger partial charge on any atom is 1.00 e. The first-order valence-corrected chi connectivity index (χ1v) is 21.5. The molecule has 0 heterocycles. The van der Waals surface area contributed by atoms with Crippen molar-refractivity contribution in [3.05, 3.63) is 97.1 Å². The van der Waals surface area contributed by atoms with Gasteiger partial charge in [-0.2, -0.15) is 43.9 Å². The van der Waals surface area contributed by atoms with Gasteiger partial charge in [-0.15, -0.1) is 10.2 Å². The average molecular weight is 967 g/mol. The van der Waals surface area contributed by atoms with E-state index in [9.17, 15) is 56.7 Å². The molecular weight excluding hydrogens is 937 g/mol. The number of rotatable bonds is 10. The third-order valence-corrected chi connectivity index (χ3v) is 11.5. The first-order valence-electron chi connectivity index (χ1n) is 15.7. The van der Waals surface area contributed by atoms with Gasteiger partial charge in [0.15, 0.2) is 0 Å². The van der Waals surface area contributed by atoms with Gasteiger partial charge in [-0.3, -0.25) is 18.2 Å². The zero-order valence-corrected chi connectivity index (χ0v) is 44.0. The van der Waals surface area contributed by atoms with E-state index in [4.69, 9.17) is 11.5 Å². The molecule has 6 aromatic carbocycles. The van der Waals surface area contributed by atoms with E-state index in [0.717, 1.165) is 12.1 Å². The third-order valence-electron chi connectivity index (χ3n) is 8.08. The smallest absolute Gasteiger partial charge is 1.00 e. The van der Waals surface area contributed by atoms with E-state index in [1.54, 1.807) is 0 Å². The van der Waals surface area contributed by atoms with Crippen molar-refractivity contribution < 1.29 is 181 Å². The molecule has 2 amide bonds. The van der Waals surface area contributed by atoms with E-state index in [0.29, 0.717) is 23.5 Å². The minimum atomic E-state index is -4.96. The van der Waals surface area contributed by atoms with Crippen molar-refractivity contribution in [2.45, 2.75) is 19.6 Å². The van der Waals surface area contributed by atoms with Crippen LogP contribution in [-0.4, -0.2) is 57.9 Å². The largest absolute Gasteiger partial charge is 1.00 e. The number of nitrogens with one attached hydrogen (secondary N) is 2. The van der Waals surface area contributed by atoms with Crippen LogP contribution < -0.4 is 140 Å². The number of fused-ring (bicyclic) bond motifs is 2. The Morgan fingerprint density at radius 3 is 1.06 bits per heavy atom. The van der Waals surface area contributed by atoms with Gasteiger partial charge >= 0.3 is 124 Å². The molecule has 6 aromatic rings. The molecule has 0 spiro atoms. The molecule has 0 saturated heterocycles. The Labute approximate surface area is 447 Å². The zero-order valence-electron chi connectivity index (χ0n) is 36.8. The Morgan fingerprint density at radius 1 is 0.452 bits per heavy atom. The molecule has 308 valence electrons. The van der Waals surface area contributed by atoms with E-state index in [2.05, 4.69) is 31.1 Å². The summed E-state index contributed by atoms with van der Waals surface area (Å²) in [6.07, 6.45) is 0. The van der Waals surface area contributed by atoms with Gasteiger partial charge in [0.2, 0.25) is 0 Å². The molecule has 0 atom stereocenters. The summed E-state index contributed by atoms with van der Waals surface area (Å²) in [6.45, 7) is 0. The SMILES string of the molecule is Nc1ccc2c(S(=O)(=O)O)cc(S(=O)(=O)O)cc2c1N=Nc1ccc(NC(=O)Nc2ccc(N=Nc3c(N)ccc4c(S(=O)(=O)O)cc(S(=O)(=O)O)cc34)cc2)cc1.[H-].[H-].[H-].[H-].[Na+].[Na+].[Na+].[Na+]. The molecule has 0 aliphatic heterocycles. The van der Waals surface area contributed by atoms with Gasteiger partial charge in [-0.25, -0.2) is 4.79 Å². The normalized spacial score (nSPS) is 11.9. The van der Waals surface area contributed by atoms with E-state index in [1.165, 1.54) is 72.8 Å². The molecule has 0 aliphatic carbocycles. The fourth-order valence-electron chi connectivity index (χ4n) is 5.43. The molecule has 0 saturated carbocycles. The number of nitrogen functional groups attached to an aromatic ring is 2. The van der Waals surface area contributed by atoms with Gasteiger partial charge in [0.05, 0.1) is 32.5 Å². The van der Waals surface area contributed by atoms with Gasteiger partial charge in [-0.05, 0) is 84.9 Å². The van der Waals surface area contributed by atoms with Crippen molar-refractivity contribution in [2.75, 3.05) is 22.1 Å². The fourth-order valence-corrected chi connectivity index (χ4v) is 8.11. The van der Waals surface area contributed by atoms with Crippen LogP contribution in [0.15, 0.2) is 137 Å². The summed E-state index contributed by atoms with van der Waals surface area (Å²) < 4.78 is 134. The Balaban J connectivity index is -0.00000496. The molecule has 6 rings (SSSR count). The molecule has 62 heavy (non-hydrogen) atoms. The fraction of sp³-hybridized carbons (Fsp3) is 0. The molecular formula is C33H30N8Na4O13S4. The Morgan fingerprint density at radius 2 is 0.774 bits per heavy atom. The van der Waals surface area contributed by atoms with Crippen LogP contribution in [0.25, 0.3) is 21.5 Å². The summed E-state index contributed by atoms with van der Waals surface area (Å²) in [5, 5.41) is 20.8. The van der Waals surface area contributed by atoms with Crippen molar-refractivity contribution in [3.63, 3.8) is 0 Å². The minimum absolute atomic E-state index is 0. The molecule has 10 N–H and O–H groups in total. The van der Waals surface area contributed by atoms with Crippen molar-refractivity contribution in [2.24, 2.45) is 20.5 Å². The van der Waals surface area contributed by atoms with E-state index in [1.807, 2.05) is 0 Å². The maximum atomic E-state index is 12.7. The second-order valence-corrected chi connectivity index (χ2v) is 17.6. The number of amides is 2. The summed E-state index contributed by atoms with van der Waals surface area (Å²) >= 11 is 0. The van der Waals surface area contributed by atoms with Crippen LogP contribution >= 0.6 is 0 Å². The Hall–Kier alpha value is -2.45. The van der Waals surface area contributed by atoms with Crippen LogP contribution in [0.1, 0.15) is 5.71 Å². The summed E-state index contributed by atoms with van der Waals surface area (Å²) in [7, 11) is -19.8. The predicted octanol–water partition coefficient (Wildman–Crippen LogP) is -4.92. The zero-order chi connectivity index (χ0) is 42.4. The first kappa shape index (κ1) is 55.7. The monoisotopic (exact) mass is 966 g/mol. The number of anilines is 4. The van der Waals surface area contributed by atoms with Crippen LogP contribution in [0.2, 0.25) is 0 Å². The van der Waals surface area contributed by atoms with Crippen LogP contribution in [0.5, 0.6) is 0 Å². The Kier molecular flexibility index (Phi) is 19.5. The quantitative estimate of drug-likeness (QED) is 0.0276. The molecule has 0 aromatic heterocycles. The van der Waals surface area contributed by atoms with Gasteiger partial charge in [-0.1, -0.05) is 12.1 Å². The summed E-state index contributed by atoms with van der Waals surface area (Å²) in [6, 6.07) is 19.0. The molecule has 0 unspecified atom stereocenters. The Bertz CT molecular complexity index is 3030. The number of carbonyl (C=O) groups excluding carboxylic acids is 1. The second-order valence-electron chi connectivity index (χ2n) is 12.0. The minimum Gasteiger partial charge on any atom is -1.00 e. The number of benzene rings is 6. The van der Waals surface area contributed by atoms with Crippen LogP contribution in [-0.2, 0) is 40.5 Å². The standard InChI is InChI=1S/C33H26N8O13S4.4Na.4H/c34-27-11-9-23-25(13-21(55(43,44)45)15-29(23)57(49,50)51)31(27)40-38-19-5-1-17(2-6-19)36-33(42)37-18-3-7-20(8-4-18)39-41-32-26-14-22(56(46,47)48)16-30(58(52,53)54)24(26)10-12-28(32)35;;;;;;;;/h1-16H,34-35H2,(H2,36,37,42)(H,43,44,45)(H,46,47,48)(H,49,50,51)(H,52,53,54);;;;;;;;/q;4*+1;4*-1. The summed E-state index contributed by atoms with van der Waals surface area (Å²) in [5.41, 5.74) is 12.7. The molecule has 0 fully saturated rings. The van der Waals surface area contributed by atoms with Crippen molar-refractivity contribution in [1.29, 1.82) is 0 Å². The number of nitrogens with two attached hydrogens (primary N) is 2. The van der Waals surface area contributed by atoms with E-state index in [-0.39, 0.29) is 180 Å². The third kappa shape index (κ3) is 13.3. The second kappa shape index (κ2) is 21.7. The predicted molar refractivity (Wildman–Crippen MR) is 214 cm³/mol. The molecule has 0 aliphatic rings.